The zero-order valence-electron chi connectivity index (χ0n) is 23.9. The van der Waals surface area contributed by atoms with Crippen molar-refractivity contribution in [2.24, 2.45) is 0 Å². The number of methoxy groups -OCH3 is 1. The third-order valence-corrected chi connectivity index (χ3v) is 7.55. The molecule has 0 radical (unpaired) electrons. The van der Waals surface area contributed by atoms with Gasteiger partial charge in [0.1, 0.15) is 11.3 Å². The third kappa shape index (κ3) is 6.04. The van der Waals surface area contributed by atoms with Crippen molar-refractivity contribution in [1.29, 1.82) is 0 Å². The lowest BCUT2D eigenvalue weighted by Crippen LogP contribution is -2.50. The standard InChI is InChI=1S/C30H31F3N6O4/c1-18-26(20-7-9-23(43-3)10-8-20)36-28-24(16-34-39(28)27(18)30(31,32)33)29(42)38-13-11-37(12-14-38)25(17-40)21-5-4-6-22(15-21)35-19(2)41/h4-10,15-16,25,40H,11-14,17H2,1-3H3,(H,35,41)/t25-/m0/s1. The van der Waals surface area contributed by atoms with Crippen LogP contribution >= 0.6 is 0 Å². The summed E-state index contributed by atoms with van der Waals surface area (Å²) in [7, 11) is 1.49. The molecule has 10 nitrogen and oxygen atoms in total. The van der Waals surface area contributed by atoms with Crippen molar-refractivity contribution >= 4 is 23.1 Å². The number of piperazine rings is 1. The predicted molar refractivity (Wildman–Crippen MR) is 153 cm³/mol. The number of amides is 2. The van der Waals surface area contributed by atoms with Crippen LogP contribution in [0.2, 0.25) is 0 Å². The van der Waals surface area contributed by atoms with Crippen molar-refractivity contribution in [2.45, 2.75) is 26.1 Å². The smallest absolute Gasteiger partial charge is 0.433 e. The Labute approximate surface area is 245 Å². The van der Waals surface area contributed by atoms with Crippen molar-refractivity contribution < 1.29 is 32.6 Å². The topological polar surface area (TPSA) is 112 Å². The first kappa shape index (κ1) is 30.0. The molecule has 0 saturated carbocycles. The predicted octanol–water partition coefficient (Wildman–Crippen LogP) is 4.18. The highest BCUT2D eigenvalue weighted by Gasteiger charge is 2.39. The number of nitrogens with one attached hydrogen (secondary N) is 1. The summed E-state index contributed by atoms with van der Waals surface area (Å²) in [6.07, 6.45) is -3.62. The summed E-state index contributed by atoms with van der Waals surface area (Å²) in [4.78, 5) is 33.2. The maximum Gasteiger partial charge on any atom is 0.433 e. The van der Waals surface area contributed by atoms with Crippen LogP contribution in [0.4, 0.5) is 18.9 Å². The number of hydrogen-bond donors (Lipinski definition) is 2. The van der Waals surface area contributed by atoms with E-state index in [4.69, 9.17) is 4.74 Å². The molecule has 2 N–H and O–H groups in total. The van der Waals surface area contributed by atoms with E-state index >= 15 is 0 Å². The Morgan fingerprint density at radius 2 is 1.79 bits per heavy atom. The first-order valence-electron chi connectivity index (χ1n) is 13.6. The number of carbonyl (C=O) groups is 2. The molecule has 1 aliphatic heterocycles. The number of rotatable bonds is 7. The minimum Gasteiger partial charge on any atom is -0.497 e. The van der Waals surface area contributed by atoms with Gasteiger partial charge in [-0.1, -0.05) is 12.1 Å². The quantitative estimate of drug-likeness (QED) is 0.329. The Morgan fingerprint density at radius 3 is 2.40 bits per heavy atom. The lowest BCUT2D eigenvalue weighted by atomic mass is 10.0. The van der Waals surface area contributed by atoms with Gasteiger partial charge < -0.3 is 20.1 Å². The van der Waals surface area contributed by atoms with E-state index in [0.29, 0.717) is 34.6 Å². The molecule has 5 rings (SSSR count). The minimum absolute atomic E-state index is 0.0320. The van der Waals surface area contributed by atoms with Gasteiger partial charge >= 0.3 is 6.18 Å². The molecule has 2 aromatic heterocycles. The molecule has 2 amide bonds. The number of aromatic nitrogens is 3. The van der Waals surface area contributed by atoms with Gasteiger partial charge in [-0.2, -0.15) is 18.3 Å². The maximum absolute atomic E-state index is 14.3. The first-order chi connectivity index (χ1) is 20.5. The molecule has 1 fully saturated rings. The van der Waals surface area contributed by atoms with Crippen LogP contribution in [0.5, 0.6) is 5.75 Å². The molecule has 0 bridgehead atoms. The molecule has 0 aliphatic carbocycles. The molecule has 0 spiro atoms. The second-order valence-corrected chi connectivity index (χ2v) is 10.3. The number of hydrogen-bond acceptors (Lipinski definition) is 7. The number of aliphatic hydroxyl groups is 1. The van der Waals surface area contributed by atoms with Crippen molar-refractivity contribution in [3.63, 3.8) is 0 Å². The fourth-order valence-corrected chi connectivity index (χ4v) is 5.45. The fraction of sp³-hybridized carbons (Fsp3) is 0.333. The molecular formula is C30H31F3N6O4. The van der Waals surface area contributed by atoms with Gasteiger partial charge in [0.2, 0.25) is 5.91 Å². The summed E-state index contributed by atoms with van der Waals surface area (Å²) in [5.74, 6) is -0.143. The van der Waals surface area contributed by atoms with Gasteiger partial charge in [-0.05, 0) is 48.9 Å². The average molecular weight is 597 g/mol. The fourth-order valence-electron chi connectivity index (χ4n) is 5.45. The highest BCUT2D eigenvalue weighted by molar-refractivity contribution is 6.00. The molecule has 2 aromatic carbocycles. The second-order valence-electron chi connectivity index (χ2n) is 10.3. The number of alkyl halides is 3. The number of fused-ring (bicyclic) bond motifs is 1. The van der Waals surface area contributed by atoms with Gasteiger partial charge in [-0.25, -0.2) is 9.50 Å². The molecular weight excluding hydrogens is 565 g/mol. The summed E-state index contributed by atoms with van der Waals surface area (Å²) in [6, 6.07) is 13.3. The van der Waals surface area contributed by atoms with E-state index in [1.54, 1.807) is 47.4 Å². The molecule has 3 heterocycles. The minimum atomic E-state index is -4.75. The number of benzene rings is 2. The normalized spacial score (nSPS) is 15.0. The van der Waals surface area contributed by atoms with E-state index in [9.17, 15) is 27.9 Å². The van der Waals surface area contributed by atoms with Crippen LogP contribution in [0, 0.1) is 6.92 Å². The van der Waals surface area contributed by atoms with Crippen molar-refractivity contribution in [3.8, 4) is 17.0 Å². The van der Waals surface area contributed by atoms with E-state index in [-0.39, 0.29) is 54.1 Å². The lowest BCUT2D eigenvalue weighted by molar-refractivity contribution is -0.143. The molecule has 1 atom stereocenters. The Balaban J connectivity index is 1.41. The maximum atomic E-state index is 14.3. The molecule has 43 heavy (non-hydrogen) atoms. The number of aliphatic hydroxyl groups excluding tert-OH is 1. The van der Waals surface area contributed by atoms with Crippen LogP contribution in [0.3, 0.4) is 0 Å². The highest BCUT2D eigenvalue weighted by Crippen LogP contribution is 2.37. The molecule has 1 saturated heterocycles. The molecule has 1 aliphatic rings. The van der Waals surface area contributed by atoms with Crippen LogP contribution in [-0.4, -0.2) is 81.2 Å². The number of anilines is 1. The zero-order chi connectivity index (χ0) is 30.9. The van der Waals surface area contributed by atoms with E-state index < -0.39 is 17.8 Å². The Bertz CT molecular complexity index is 1650. The van der Waals surface area contributed by atoms with Crippen molar-refractivity contribution in [2.75, 3.05) is 45.2 Å². The van der Waals surface area contributed by atoms with E-state index in [1.807, 2.05) is 11.0 Å². The van der Waals surface area contributed by atoms with Gasteiger partial charge in [0, 0.05) is 49.9 Å². The molecule has 4 aromatic rings. The zero-order valence-corrected chi connectivity index (χ0v) is 23.9. The molecule has 13 heteroatoms. The SMILES string of the molecule is COc1ccc(-c2nc3c(C(=O)N4CCN([C@@H](CO)c5cccc(NC(C)=O)c5)CC4)cnn3c(C(F)(F)F)c2C)cc1. The van der Waals surface area contributed by atoms with E-state index in [1.165, 1.54) is 21.0 Å². The summed E-state index contributed by atoms with van der Waals surface area (Å²) in [5, 5.41) is 16.9. The van der Waals surface area contributed by atoms with Gasteiger partial charge in [0.25, 0.3) is 5.91 Å². The van der Waals surface area contributed by atoms with E-state index in [2.05, 4.69) is 15.4 Å². The van der Waals surface area contributed by atoms with Gasteiger partial charge in [-0.15, -0.1) is 0 Å². The van der Waals surface area contributed by atoms with Gasteiger partial charge in [-0.3, -0.25) is 14.5 Å². The van der Waals surface area contributed by atoms with Crippen LogP contribution in [0.1, 0.15) is 40.1 Å². The Hall–Kier alpha value is -4.49. The Kier molecular flexibility index (Phi) is 8.38. The third-order valence-electron chi connectivity index (χ3n) is 7.55. The number of nitrogens with zero attached hydrogens (tertiary/aromatic N) is 5. The largest absolute Gasteiger partial charge is 0.497 e. The average Bonchev–Trinajstić information content (AvgIpc) is 3.39. The second kappa shape index (κ2) is 12.0. The van der Waals surface area contributed by atoms with Gasteiger partial charge in [0.15, 0.2) is 11.3 Å². The van der Waals surface area contributed by atoms with Crippen molar-refractivity contribution in [3.05, 3.63) is 77.1 Å². The van der Waals surface area contributed by atoms with Crippen LogP contribution < -0.4 is 10.1 Å². The first-order valence-corrected chi connectivity index (χ1v) is 13.6. The van der Waals surface area contributed by atoms with Gasteiger partial charge in [0.05, 0.1) is 31.6 Å². The van der Waals surface area contributed by atoms with E-state index in [0.717, 1.165) is 11.8 Å². The highest BCUT2D eigenvalue weighted by atomic mass is 19.4. The van der Waals surface area contributed by atoms with Crippen molar-refractivity contribution in [1.82, 2.24) is 24.4 Å². The number of ether oxygens (including phenoxy) is 1. The van der Waals surface area contributed by atoms with Crippen LogP contribution in [0.15, 0.2) is 54.7 Å². The number of halogens is 3. The molecule has 0 unspecified atom stereocenters. The van der Waals surface area contributed by atoms with Crippen LogP contribution in [0.25, 0.3) is 16.9 Å². The summed E-state index contributed by atoms with van der Waals surface area (Å²) >= 11 is 0. The summed E-state index contributed by atoms with van der Waals surface area (Å²) in [5.41, 5.74) is 0.626. The lowest BCUT2D eigenvalue weighted by Gasteiger charge is -2.38. The Morgan fingerprint density at radius 1 is 1.09 bits per heavy atom. The summed E-state index contributed by atoms with van der Waals surface area (Å²) in [6.45, 7) is 3.96. The monoisotopic (exact) mass is 596 g/mol. The van der Waals surface area contributed by atoms with Crippen LogP contribution in [-0.2, 0) is 11.0 Å². The summed E-state index contributed by atoms with van der Waals surface area (Å²) < 4.78 is 48.7. The number of carbonyl (C=O) groups excluding carboxylic acids is 2. The molecule has 226 valence electrons.